The van der Waals surface area contributed by atoms with Gasteiger partial charge in [-0.3, -0.25) is 4.98 Å². The topological polar surface area (TPSA) is 51.2 Å². The number of benzene rings is 1. The van der Waals surface area contributed by atoms with Crippen molar-refractivity contribution in [2.75, 3.05) is 5.32 Å². The monoisotopic (exact) mass is 392 g/mol. The maximum atomic E-state index is 12.3. The molecule has 0 amide bonds. The minimum atomic E-state index is -0.536. The van der Waals surface area contributed by atoms with Crippen molar-refractivity contribution in [3.8, 4) is 5.75 Å². The molecule has 1 atom stereocenters. The molecule has 0 saturated carbocycles. The first kappa shape index (κ1) is 20.3. The van der Waals surface area contributed by atoms with Crippen LogP contribution in [-0.2, 0) is 0 Å². The smallest absolute Gasteiger partial charge is 0.343 e. The summed E-state index contributed by atoms with van der Waals surface area (Å²) in [6, 6.07) is 6.66. The first-order chi connectivity index (χ1) is 12.5. The van der Waals surface area contributed by atoms with Crippen molar-refractivity contribution >= 4 is 34.9 Å². The Kier molecular flexibility index (Phi) is 7.95. The molecule has 2 aromatic rings. The number of allylic oxidation sites excluding steroid dienone is 1. The van der Waals surface area contributed by atoms with Gasteiger partial charge in [-0.15, -0.1) is 6.58 Å². The van der Waals surface area contributed by atoms with Gasteiger partial charge >= 0.3 is 5.97 Å². The Morgan fingerprint density at radius 2 is 2.08 bits per heavy atom. The number of rotatable bonds is 9. The molecule has 138 valence electrons. The molecule has 0 saturated heterocycles. The minimum absolute atomic E-state index is 0.211. The molecule has 0 bridgehead atoms. The Hall–Kier alpha value is -2.04. The van der Waals surface area contributed by atoms with Gasteiger partial charge in [0.05, 0.1) is 27.5 Å². The standard InChI is InChI=1S/C20H22Cl2N2O2/c1-3-4-5-6-8-14(2)24-19-17(21)11-15(12-18(19)22)20(25)26-16-9-7-10-23-13-16/h3,7,9-14,24H,1,4-6,8H2,2H3. The van der Waals surface area contributed by atoms with Crippen molar-refractivity contribution in [1.29, 1.82) is 0 Å². The van der Waals surface area contributed by atoms with E-state index in [1.807, 2.05) is 6.08 Å². The van der Waals surface area contributed by atoms with Gasteiger partial charge in [0.15, 0.2) is 0 Å². The maximum absolute atomic E-state index is 12.3. The van der Waals surface area contributed by atoms with Gasteiger partial charge in [0.1, 0.15) is 5.75 Å². The van der Waals surface area contributed by atoms with Gasteiger partial charge in [-0.2, -0.15) is 0 Å². The lowest BCUT2D eigenvalue weighted by Crippen LogP contribution is -2.16. The number of esters is 1. The van der Waals surface area contributed by atoms with Crippen LogP contribution < -0.4 is 10.1 Å². The van der Waals surface area contributed by atoms with Gasteiger partial charge in [-0.25, -0.2) is 4.79 Å². The van der Waals surface area contributed by atoms with E-state index in [1.54, 1.807) is 30.5 Å². The number of halogens is 2. The zero-order valence-electron chi connectivity index (χ0n) is 14.7. The number of nitrogens with zero attached hydrogens (tertiary/aromatic N) is 1. The van der Waals surface area contributed by atoms with E-state index in [-0.39, 0.29) is 11.6 Å². The van der Waals surface area contributed by atoms with Crippen LogP contribution in [0.15, 0.2) is 49.3 Å². The lowest BCUT2D eigenvalue weighted by Gasteiger charge is -2.18. The molecule has 0 aliphatic heterocycles. The van der Waals surface area contributed by atoms with E-state index in [4.69, 9.17) is 27.9 Å². The summed E-state index contributed by atoms with van der Waals surface area (Å²) in [7, 11) is 0. The molecule has 1 N–H and O–H groups in total. The predicted molar refractivity (Wildman–Crippen MR) is 107 cm³/mol. The number of carbonyl (C=O) groups excluding carboxylic acids is 1. The largest absolute Gasteiger partial charge is 0.421 e. The van der Waals surface area contributed by atoms with Gasteiger partial charge in [-0.1, -0.05) is 35.7 Å². The van der Waals surface area contributed by atoms with Crippen LogP contribution in [0.4, 0.5) is 5.69 Å². The number of hydrogen-bond donors (Lipinski definition) is 1. The molecule has 0 fully saturated rings. The number of anilines is 1. The second-order valence-electron chi connectivity index (χ2n) is 6.01. The number of unbranched alkanes of at least 4 members (excludes halogenated alkanes) is 2. The highest BCUT2D eigenvalue weighted by atomic mass is 35.5. The number of pyridine rings is 1. The summed E-state index contributed by atoms with van der Waals surface area (Å²) in [4.78, 5) is 16.2. The van der Waals surface area contributed by atoms with E-state index in [9.17, 15) is 4.79 Å². The first-order valence-corrected chi connectivity index (χ1v) is 9.25. The Bertz CT molecular complexity index is 728. The molecule has 0 radical (unpaired) electrons. The van der Waals surface area contributed by atoms with Gasteiger partial charge in [-0.05, 0) is 50.5 Å². The molecule has 2 rings (SSSR count). The number of ether oxygens (including phenoxy) is 1. The van der Waals surface area contributed by atoms with Gasteiger partial charge in [0, 0.05) is 12.2 Å². The summed E-state index contributed by atoms with van der Waals surface area (Å²) in [5.41, 5.74) is 0.913. The molecule has 1 aromatic heterocycles. The van der Waals surface area contributed by atoms with Crippen LogP contribution in [0.25, 0.3) is 0 Å². The third-order valence-electron chi connectivity index (χ3n) is 3.81. The Morgan fingerprint density at radius 1 is 1.35 bits per heavy atom. The van der Waals surface area contributed by atoms with Crippen molar-refractivity contribution in [3.63, 3.8) is 0 Å². The van der Waals surface area contributed by atoms with Gasteiger partial charge in [0.2, 0.25) is 0 Å². The molecular weight excluding hydrogens is 371 g/mol. The minimum Gasteiger partial charge on any atom is -0.421 e. The summed E-state index contributed by atoms with van der Waals surface area (Å²) in [6.45, 7) is 5.80. The lowest BCUT2D eigenvalue weighted by atomic mass is 10.1. The summed E-state index contributed by atoms with van der Waals surface area (Å²) < 4.78 is 5.26. The van der Waals surface area contributed by atoms with Crippen LogP contribution in [0.1, 0.15) is 43.0 Å². The second kappa shape index (κ2) is 10.2. The normalized spacial score (nSPS) is 11.7. The van der Waals surface area contributed by atoms with Crippen molar-refractivity contribution in [2.24, 2.45) is 0 Å². The van der Waals surface area contributed by atoms with Crippen LogP contribution in [0, 0.1) is 0 Å². The Morgan fingerprint density at radius 3 is 2.69 bits per heavy atom. The van der Waals surface area contributed by atoms with E-state index >= 15 is 0 Å². The summed E-state index contributed by atoms with van der Waals surface area (Å²) in [5.74, 6) is -0.175. The molecule has 0 spiro atoms. The van der Waals surface area contributed by atoms with Crippen molar-refractivity contribution < 1.29 is 9.53 Å². The van der Waals surface area contributed by atoms with Crippen LogP contribution in [0.2, 0.25) is 10.0 Å². The van der Waals surface area contributed by atoms with Crippen LogP contribution in [0.3, 0.4) is 0 Å². The van der Waals surface area contributed by atoms with E-state index in [1.165, 1.54) is 6.20 Å². The molecule has 1 aromatic carbocycles. The average Bonchev–Trinajstić information content (AvgIpc) is 2.62. The maximum Gasteiger partial charge on any atom is 0.343 e. The Balaban J connectivity index is 2.02. The molecule has 1 unspecified atom stereocenters. The van der Waals surface area contributed by atoms with Crippen molar-refractivity contribution in [1.82, 2.24) is 4.98 Å². The highest BCUT2D eigenvalue weighted by Gasteiger charge is 2.16. The molecule has 6 heteroatoms. The molecule has 0 aliphatic rings. The van der Waals surface area contributed by atoms with Crippen molar-refractivity contribution in [3.05, 3.63) is 64.9 Å². The van der Waals surface area contributed by atoms with Gasteiger partial charge in [0.25, 0.3) is 0 Å². The number of nitrogens with one attached hydrogen (secondary N) is 1. The fourth-order valence-electron chi connectivity index (χ4n) is 2.46. The summed E-state index contributed by atoms with van der Waals surface area (Å²) >= 11 is 12.7. The van der Waals surface area contributed by atoms with E-state index < -0.39 is 5.97 Å². The Labute approximate surface area is 164 Å². The summed E-state index contributed by atoms with van der Waals surface area (Å²) in [6.07, 6.45) is 9.19. The zero-order valence-corrected chi connectivity index (χ0v) is 16.2. The average molecular weight is 393 g/mol. The lowest BCUT2D eigenvalue weighted by molar-refractivity contribution is 0.0734. The molecule has 4 nitrogen and oxygen atoms in total. The molecule has 0 aliphatic carbocycles. The highest BCUT2D eigenvalue weighted by molar-refractivity contribution is 6.39. The van der Waals surface area contributed by atoms with E-state index in [0.29, 0.717) is 21.5 Å². The highest BCUT2D eigenvalue weighted by Crippen LogP contribution is 2.33. The molecule has 1 heterocycles. The predicted octanol–water partition coefficient (Wildman–Crippen LogP) is 6.15. The van der Waals surface area contributed by atoms with Crippen LogP contribution in [0.5, 0.6) is 5.75 Å². The van der Waals surface area contributed by atoms with Crippen LogP contribution in [-0.4, -0.2) is 17.0 Å². The number of aromatic nitrogens is 1. The van der Waals surface area contributed by atoms with Crippen LogP contribution >= 0.6 is 23.2 Å². The van der Waals surface area contributed by atoms with Gasteiger partial charge < -0.3 is 10.1 Å². The molecule has 26 heavy (non-hydrogen) atoms. The third-order valence-corrected chi connectivity index (χ3v) is 4.41. The number of carbonyl (C=O) groups is 1. The fraction of sp³-hybridized carbons (Fsp3) is 0.300. The van der Waals surface area contributed by atoms with E-state index in [2.05, 4.69) is 23.8 Å². The number of hydrogen-bond acceptors (Lipinski definition) is 4. The quantitative estimate of drug-likeness (QED) is 0.315. The SMILES string of the molecule is C=CCCCCC(C)Nc1c(Cl)cc(C(=O)Oc2cccnc2)cc1Cl. The zero-order chi connectivity index (χ0) is 18.9. The fourth-order valence-corrected chi connectivity index (χ4v) is 3.06. The summed E-state index contributed by atoms with van der Waals surface area (Å²) in [5, 5.41) is 4.09. The third kappa shape index (κ3) is 6.04. The first-order valence-electron chi connectivity index (χ1n) is 8.50. The second-order valence-corrected chi connectivity index (χ2v) is 6.83. The van der Waals surface area contributed by atoms with Crippen molar-refractivity contribution in [2.45, 2.75) is 38.6 Å². The van der Waals surface area contributed by atoms with E-state index in [0.717, 1.165) is 25.7 Å². The molecular formula is C20H22Cl2N2O2.